The fraction of sp³-hybridized carbons (Fsp3) is 0.125. The first-order valence-electron chi connectivity index (χ1n) is 6.65. The van der Waals surface area contributed by atoms with Crippen LogP contribution in [0.5, 0.6) is 0 Å². The molecule has 0 unspecified atom stereocenters. The van der Waals surface area contributed by atoms with Gasteiger partial charge in [0, 0.05) is 22.6 Å². The average Bonchev–Trinajstić information content (AvgIpc) is 2.85. The monoisotopic (exact) mass is 279 g/mol. The third kappa shape index (κ3) is 1.93. The summed E-state index contributed by atoms with van der Waals surface area (Å²) in [6.07, 6.45) is 0.944. The minimum Gasteiger partial charge on any atom is -0.216 e. The van der Waals surface area contributed by atoms with E-state index >= 15 is 0 Å². The molecule has 0 amide bonds. The Morgan fingerprint density at radius 2 is 1.75 bits per heavy atom. The van der Waals surface area contributed by atoms with E-state index in [0.717, 1.165) is 35.1 Å². The number of aromatic nitrogens is 3. The van der Waals surface area contributed by atoms with Crippen LogP contribution in [0.15, 0.2) is 59.5 Å². The standard InChI is InChI=1S/C16H13N3S/c1-2-6-12(7-3-1)16-17-15-10-11-20-14-9-5-4-8-13(14)19(15)18-16/h1-9H,10-11H2. The van der Waals surface area contributed by atoms with Crippen molar-refractivity contribution in [1.29, 1.82) is 0 Å². The van der Waals surface area contributed by atoms with Crippen LogP contribution < -0.4 is 0 Å². The third-order valence-corrected chi connectivity index (χ3v) is 4.45. The lowest BCUT2D eigenvalue weighted by Crippen LogP contribution is -2.02. The van der Waals surface area contributed by atoms with Crippen molar-refractivity contribution < 1.29 is 0 Å². The zero-order valence-electron chi connectivity index (χ0n) is 10.9. The fourth-order valence-electron chi connectivity index (χ4n) is 2.42. The van der Waals surface area contributed by atoms with Crippen LogP contribution >= 0.6 is 11.8 Å². The molecule has 0 saturated heterocycles. The number of para-hydroxylation sites is 1. The maximum Gasteiger partial charge on any atom is 0.181 e. The molecule has 0 atom stereocenters. The van der Waals surface area contributed by atoms with Gasteiger partial charge in [-0.05, 0) is 12.1 Å². The lowest BCUT2D eigenvalue weighted by Gasteiger charge is -2.05. The molecule has 1 aliphatic rings. The second-order valence-corrected chi connectivity index (χ2v) is 5.83. The van der Waals surface area contributed by atoms with E-state index < -0.39 is 0 Å². The maximum absolute atomic E-state index is 4.72. The van der Waals surface area contributed by atoms with Crippen molar-refractivity contribution in [2.45, 2.75) is 11.3 Å². The van der Waals surface area contributed by atoms with Gasteiger partial charge >= 0.3 is 0 Å². The number of rotatable bonds is 1. The Bertz CT molecular complexity index is 749. The van der Waals surface area contributed by atoms with Crippen molar-refractivity contribution in [1.82, 2.24) is 14.8 Å². The van der Waals surface area contributed by atoms with Crippen molar-refractivity contribution in [2.24, 2.45) is 0 Å². The quantitative estimate of drug-likeness (QED) is 0.682. The van der Waals surface area contributed by atoms with E-state index in [-0.39, 0.29) is 0 Å². The summed E-state index contributed by atoms with van der Waals surface area (Å²) < 4.78 is 2.00. The number of hydrogen-bond donors (Lipinski definition) is 0. The number of thioether (sulfide) groups is 1. The van der Waals surface area contributed by atoms with Crippen LogP contribution in [0.2, 0.25) is 0 Å². The smallest absolute Gasteiger partial charge is 0.181 e. The van der Waals surface area contributed by atoms with Crippen LogP contribution in [0.4, 0.5) is 0 Å². The van der Waals surface area contributed by atoms with Gasteiger partial charge in [-0.1, -0.05) is 42.5 Å². The van der Waals surface area contributed by atoms with E-state index in [2.05, 4.69) is 36.4 Å². The molecule has 0 radical (unpaired) electrons. The molecular weight excluding hydrogens is 266 g/mol. The molecule has 3 nitrogen and oxygen atoms in total. The number of fused-ring (bicyclic) bond motifs is 3. The first-order valence-corrected chi connectivity index (χ1v) is 7.64. The predicted molar refractivity (Wildman–Crippen MR) is 81.2 cm³/mol. The van der Waals surface area contributed by atoms with Gasteiger partial charge < -0.3 is 0 Å². The highest BCUT2D eigenvalue weighted by atomic mass is 32.2. The molecule has 3 aromatic rings. The summed E-state index contributed by atoms with van der Waals surface area (Å²) in [6, 6.07) is 18.5. The van der Waals surface area contributed by atoms with Crippen LogP contribution in [-0.4, -0.2) is 20.5 Å². The average molecular weight is 279 g/mol. The minimum absolute atomic E-state index is 0.808. The number of nitrogens with zero attached hydrogens (tertiary/aromatic N) is 3. The summed E-state index contributed by atoms with van der Waals surface area (Å²) in [5.74, 6) is 2.90. The van der Waals surface area contributed by atoms with Gasteiger partial charge in [0.1, 0.15) is 5.82 Å². The Balaban J connectivity index is 1.88. The molecular formula is C16H13N3S. The summed E-state index contributed by atoms with van der Waals surface area (Å²) in [5.41, 5.74) is 2.21. The molecule has 1 aliphatic heterocycles. The second-order valence-electron chi connectivity index (χ2n) is 4.70. The molecule has 4 rings (SSSR count). The van der Waals surface area contributed by atoms with E-state index in [4.69, 9.17) is 10.1 Å². The molecule has 0 spiro atoms. The first-order chi connectivity index (χ1) is 9.92. The lowest BCUT2D eigenvalue weighted by atomic mass is 10.2. The van der Waals surface area contributed by atoms with Crippen LogP contribution in [0.3, 0.4) is 0 Å². The Morgan fingerprint density at radius 3 is 2.65 bits per heavy atom. The summed E-state index contributed by atoms with van der Waals surface area (Å²) in [5, 5.41) is 4.71. The van der Waals surface area contributed by atoms with Gasteiger partial charge in [0.2, 0.25) is 0 Å². The topological polar surface area (TPSA) is 30.7 Å². The Hall–Kier alpha value is -2.07. The summed E-state index contributed by atoms with van der Waals surface area (Å²) >= 11 is 1.87. The number of hydrogen-bond acceptors (Lipinski definition) is 3. The van der Waals surface area contributed by atoms with E-state index in [1.165, 1.54) is 4.90 Å². The van der Waals surface area contributed by atoms with Gasteiger partial charge in [-0.15, -0.1) is 16.9 Å². The van der Waals surface area contributed by atoms with Crippen molar-refractivity contribution in [3.8, 4) is 17.1 Å². The zero-order chi connectivity index (χ0) is 13.4. The van der Waals surface area contributed by atoms with Crippen LogP contribution in [0.1, 0.15) is 5.82 Å². The van der Waals surface area contributed by atoms with Gasteiger partial charge in [0.15, 0.2) is 5.82 Å². The highest BCUT2D eigenvalue weighted by Gasteiger charge is 2.18. The SMILES string of the molecule is c1ccc(-c2nc3n(n2)-c2ccccc2SCC3)cc1. The Morgan fingerprint density at radius 1 is 0.950 bits per heavy atom. The normalized spacial score (nSPS) is 13.4. The fourth-order valence-corrected chi connectivity index (χ4v) is 3.40. The molecule has 0 bridgehead atoms. The maximum atomic E-state index is 4.72. The zero-order valence-corrected chi connectivity index (χ0v) is 11.7. The lowest BCUT2D eigenvalue weighted by molar-refractivity contribution is 0.801. The van der Waals surface area contributed by atoms with Gasteiger partial charge in [0.05, 0.1) is 5.69 Å². The largest absolute Gasteiger partial charge is 0.216 e. The summed E-state index contributed by atoms with van der Waals surface area (Å²) in [7, 11) is 0. The molecule has 0 fully saturated rings. The Kier molecular flexibility index (Phi) is 2.81. The van der Waals surface area contributed by atoms with Gasteiger partial charge in [0.25, 0.3) is 0 Å². The van der Waals surface area contributed by atoms with E-state index in [9.17, 15) is 0 Å². The molecule has 0 N–H and O–H groups in total. The number of aryl methyl sites for hydroxylation is 1. The second kappa shape index (κ2) is 4.80. The Labute approximate surface area is 121 Å². The van der Waals surface area contributed by atoms with Crippen molar-refractivity contribution in [3.05, 3.63) is 60.4 Å². The summed E-state index contributed by atoms with van der Waals surface area (Å²) in [4.78, 5) is 5.99. The molecule has 1 aromatic heterocycles. The minimum atomic E-state index is 0.808. The third-order valence-electron chi connectivity index (χ3n) is 3.38. The van der Waals surface area contributed by atoms with E-state index in [1.54, 1.807) is 0 Å². The number of benzene rings is 2. The predicted octanol–water partition coefficient (Wildman–Crippen LogP) is 3.58. The van der Waals surface area contributed by atoms with Crippen molar-refractivity contribution in [2.75, 3.05) is 5.75 Å². The van der Waals surface area contributed by atoms with Crippen LogP contribution in [0.25, 0.3) is 17.1 Å². The molecule has 20 heavy (non-hydrogen) atoms. The van der Waals surface area contributed by atoms with Crippen molar-refractivity contribution >= 4 is 11.8 Å². The molecule has 2 aromatic carbocycles. The van der Waals surface area contributed by atoms with Crippen LogP contribution in [0, 0.1) is 0 Å². The van der Waals surface area contributed by atoms with Gasteiger partial charge in [-0.25, -0.2) is 9.67 Å². The first kappa shape index (κ1) is 11.7. The molecule has 0 aliphatic carbocycles. The van der Waals surface area contributed by atoms with E-state index in [0.29, 0.717) is 0 Å². The van der Waals surface area contributed by atoms with Gasteiger partial charge in [-0.3, -0.25) is 0 Å². The molecule has 2 heterocycles. The highest BCUT2D eigenvalue weighted by Crippen LogP contribution is 2.31. The molecule has 4 heteroatoms. The molecule has 0 saturated carbocycles. The highest BCUT2D eigenvalue weighted by molar-refractivity contribution is 7.99. The van der Waals surface area contributed by atoms with E-state index in [1.807, 2.05) is 34.6 Å². The summed E-state index contributed by atoms with van der Waals surface area (Å²) in [6.45, 7) is 0. The molecule has 98 valence electrons. The van der Waals surface area contributed by atoms with Crippen LogP contribution in [-0.2, 0) is 6.42 Å². The van der Waals surface area contributed by atoms with Crippen molar-refractivity contribution in [3.63, 3.8) is 0 Å². The van der Waals surface area contributed by atoms with Gasteiger partial charge in [-0.2, -0.15) is 0 Å².